The van der Waals surface area contributed by atoms with Gasteiger partial charge >= 0.3 is 5.97 Å². The summed E-state index contributed by atoms with van der Waals surface area (Å²) < 4.78 is 4.83. The molecule has 0 saturated carbocycles. The Morgan fingerprint density at radius 1 is 1.20 bits per heavy atom. The quantitative estimate of drug-likeness (QED) is 0.380. The number of rotatable bonds is 6. The van der Waals surface area contributed by atoms with Crippen LogP contribution in [0.5, 0.6) is 0 Å². The topological polar surface area (TPSA) is 26.3 Å². The molecule has 0 fully saturated rings. The van der Waals surface area contributed by atoms with Gasteiger partial charge < -0.3 is 4.74 Å². The molecule has 0 aromatic carbocycles. The molecule has 15 heavy (non-hydrogen) atoms. The van der Waals surface area contributed by atoms with Crippen molar-refractivity contribution in [2.75, 3.05) is 6.61 Å². The minimum atomic E-state index is -0.230. The Labute approximate surface area is 93.0 Å². The van der Waals surface area contributed by atoms with Gasteiger partial charge in [-0.3, -0.25) is 0 Å². The summed E-state index contributed by atoms with van der Waals surface area (Å²) in [5.41, 5.74) is 2.48. The number of carbonyl (C=O) groups excluding carboxylic acids is 1. The van der Waals surface area contributed by atoms with Crippen LogP contribution in [0.15, 0.2) is 23.3 Å². The van der Waals surface area contributed by atoms with Crippen LogP contribution in [0, 0.1) is 0 Å². The SMILES string of the molecule is CCOC(=O)/C=C(\C)CC/C=C(/C)CC. The molecule has 0 aliphatic heterocycles. The molecule has 0 unspecified atom stereocenters. The molecule has 0 rings (SSSR count). The molecular formula is C13H22O2. The van der Waals surface area contributed by atoms with E-state index in [1.807, 2.05) is 13.8 Å². The van der Waals surface area contributed by atoms with Crippen LogP contribution in [-0.2, 0) is 9.53 Å². The molecular weight excluding hydrogens is 188 g/mol. The molecule has 0 N–H and O–H groups in total. The van der Waals surface area contributed by atoms with Gasteiger partial charge in [0.1, 0.15) is 0 Å². The molecule has 0 aliphatic rings. The van der Waals surface area contributed by atoms with E-state index in [0.29, 0.717) is 6.61 Å². The smallest absolute Gasteiger partial charge is 0.330 e. The lowest BCUT2D eigenvalue weighted by atomic mass is 10.1. The summed E-state index contributed by atoms with van der Waals surface area (Å²) in [6, 6.07) is 0. The van der Waals surface area contributed by atoms with Crippen LogP contribution in [0.1, 0.15) is 47.0 Å². The van der Waals surface area contributed by atoms with E-state index in [1.165, 1.54) is 5.57 Å². The van der Waals surface area contributed by atoms with Crippen molar-refractivity contribution in [1.82, 2.24) is 0 Å². The summed E-state index contributed by atoms with van der Waals surface area (Å²) in [6.07, 6.45) is 6.83. The first-order valence-electron chi connectivity index (χ1n) is 5.59. The first-order chi connectivity index (χ1) is 7.10. The Hall–Kier alpha value is -1.05. The van der Waals surface area contributed by atoms with Crippen LogP contribution in [0.25, 0.3) is 0 Å². The van der Waals surface area contributed by atoms with Crippen molar-refractivity contribution < 1.29 is 9.53 Å². The van der Waals surface area contributed by atoms with Crippen LogP contribution in [-0.4, -0.2) is 12.6 Å². The number of allylic oxidation sites excluding steroid dienone is 3. The van der Waals surface area contributed by atoms with E-state index in [-0.39, 0.29) is 5.97 Å². The van der Waals surface area contributed by atoms with E-state index in [0.717, 1.165) is 24.8 Å². The number of carbonyl (C=O) groups is 1. The van der Waals surface area contributed by atoms with Crippen LogP contribution < -0.4 is 0 Å². The lowest BCUT2D eigenvalue weighted by Crippen LogP contribution is -2.00. The van der Waals surface area contributed by atoms with Crippen molar-refractivity contribution in [3.8, 4) is 0 Å². The Balaban J connectivity index is 3.92. The van der Waals surface area contributed by atoms with E-state index >= 15 is 0 Å². The Bertz CT molecular complexity index is 249. The van der Waals surface area contributed by atoms with Crippen molar-refractivity contribution in [2.24, 2.45) is 0 Å². The lowest BCUT2D eigenvalue weighted by molar-refractivity contribution is -0.137. The minimum Gasteiger partial charge on any atom is -0.463 e. The predicted octanol–water partition coefficient (Wildman–Crippen LogP) is 3.63. The maximum atomic E-state index is 11.1. The summed E-state index contributed by atoms with van der Waals surface area (Å²) in [4.78, 5) is 11.1. The Morgan fingerprint density at radius 3 is 2.40 bits per heavy atom. The third-order valence-electron chi connectivity index (χ3n) is 2.24. The fourth-order valence-electron chi connectivity index (χ4n) is 1.15. The van der Waals surface area contributed by atoms with Crippen LogP contribution >= 0.6 is 0 Å². The summed E-state index contributed by atoms with van der Waals surface area (Å²) in [5.74, 6) is -0.230. The molecule has 0 aliphatic carbocycles. The summed E-state index contributed by atoms with van der Waals surface area (Å²) in [6.45, 7) is 8.50. The molecule has 0 atom stereocenters. The van der Waals surface area contributed by atoms with Crippen molar-refractivity contribution >= 4 is 5.97 Å². The molecule has 0 aromatic rings. The zero-order valence-corrected chi connectivity index (χ0v) is 10.3. The molecule has 0 heterocycles. The maximum Gasteiger partial charge on any atom is 0.330 e. The molecule has 2 heteroatoms. The molecule has 0 amide bonds. The molecule has 2 nitrogen and oxygen atoms in total. The van der Waals surface area contributed by atoms with E-state index < -0.39 is 0 Å². The predicted molar refractivity (Wildman–Crippen MR) is 63.7 cm³/mol. The second kappa shape index (κ2) is 8.27. The highest BCUT2D eigenvalue weighted by molar-refractivity contribution is 5.82. The zero-order chi connectivity index (χ0) is 11.7. The number of ether oxygens (including phenoxy) is 1. The van der Waals surface area contributed by atoms with E-state index in [2.05, 4.69) is 19.9 Å². The van der Waals surface area contributed by atoms with Crippen LogP contribution in [0.3, 0.4) is 0 Å². The second-order valence-electron chi connectivity index (χ2n) is 3.69. The molecule has 0 radical (unpaired) electrons. The van der Waals surface area contributed by atoms with Gasteiger partial charge in [0.25, 0.3) is 0 Å². The molecule has 0 aromatic heterocycles. The van der Waals surface area contributed by atoms with Gasteiger partial charge in [0, 0.05) is 6.08 Å². The van der Waals surface area contributed by atoms with Crippen LogP contribution in [0.4, 0.5) is 0 Å². The lowest BCUT2D eigenvalue weighted by Gasteiger charge is -2.00. The highest BCUT2D eigenvalue weighted by Gasteiger charge is 1.97. The van der Waals surface area contributed by atoms with Gasteiger partial charge in [0.05, 0.1) is 6.61 Å². The molecule has 86 valence electrons. The van der Waals surface area contributed by atoms with Gasteiger partial charge in [0.15, 0.2) is 0 Å². The molecule has 0 saturated heterocycles. The van der Waals surface area contributed by atoms with Crippen LogP contribution in [0.2, 0.25) is 0 Å². The second-order valence-corrected chi connectivity index (χ2v) is 3.69. The highest BCUT2D eigenvalue weighted by atomic mass is 16.5. The van der Waals surface area contributed by atoms with Crippen molar-refractivity contribution in [1.29, 1.82) is 0 Å². The number of esters is 1. The standard InChI is InChI=1S/C13H22O2/c1-5-11(3)8-7-9-12(4)10-13(14)15-6-2/h8,10H,5-7,9H2,1-4H3/b11-8-,12-10+. The fraction of sp³-hybridized carbons (Fsp3) is 0.615. The van der Waals surface area contributed by atoms with E-state index in [4.69, 9.17) is 4.74 Å². The van der Waals surface area contributed by atoms with Gasteiger partial charge in [-0.1, -0.05) is 24.1 Å². The Kier molecular flexibility index (Phi) is 7.69. The summed E-state index contributed by atoms with van der Waals surface area (Å²) >= 11 is 0. The number of hydrogen-bond acceptors (Lipinski definition) is 2. The summed E-state index contributed by atoms with van der Waals surface area (Å²) in [7, 11) is 0. The van der Waals surface area contributed by atoms with Gasteiger partial charge in [-0.25, -0.2) is 4.79 Å². The van der Waals surface area contributed by atoms with Gasteiger partial charge in [-0.15, -0.1) is 0 Å². The van der Waals surface area contributed by atoms with Gasteiger partial charge in [0.2, 0.25) is 0 Å². The fourth-order valence-corrected chi connectivity index (χ4v) is 1.15. The largest absolute Gasteiger partial charge is 0.463 e. The monoisotopic (exact) mass is 210 g/mol. The number of hydrogen-bond donors (Lipinski definition) is 0. The average molecular weight is 210 g/mol. The third-order valence-corrected chi connectivity index (χ3v) is 2.24. The first-order valence-corrected chi connectivity index (χ1v) is 5.59. The van der Waals surface area contributed by atoms with Crippen molar-refractivity contribution in [3.63, 3.8) is 0 Å². The molecule has 0 bridgehead atoms. The Morgan fingerprint density at radius 2 is 1.87 bits per heavy atom. The van der Waals surface area contributed by atoms with Crippen molar-refractivity contribution in [2.45, 2.75) is 47.0 Å². The first kappa shape index (κ1) is 13.9. The minimum absolute atomic E-state index is 0.230. The average Bonchev–Trinajstić information content (AvgIpc) is 2.17. The van der Waals surface area contributed by atoms with E-state index in [1.54, 1.807) is 6.08 Å². The maximum absolute atomic E-state index is 11.1. The van der Waals surface area contributed by atoms with Gasteiger partial charge in [-0.05, 0) is 40.0 Å². The van der Waals surface area contributed by atoms with Crippen molar-refractivity contribution in [3.05, 3.63) is 23.3 Å². The highest BCUT2D eigenvalue weighted by Crippen LogP contribution is 2.08. The normalized spacial score (nSPS) is 12.8. The zero-order valence-electron chi connectivity index (χ0n) is 10.3. The summed E-state index contributed by atoms with van der Waals surface area (Å²) in [5, 5.41) is 0. The molecule has 0 spiro atoms. The van der Waals surface area contributed by atoms with E-state index in [9.17, 15) is 4.79 Å². The third kappa shape index (κ3) is 7.98. The van der Waals surface area contributed by atoms with Gasteiger partial charge in [-0.2, -0.15) is 0 Å².